The first kappa shape index (κ1) is 17.0. The van der Waals surface area contributed by atoms with E-state index in [0.29, 0.717) is 17.2 Å². The zero-order valence-electron chi connectivity index (χ0n) is 13.9. The van der Waals surface area contributed by atoms with E-state index in [-0.39, 0.29) is 12.0 Å². The summed E-state index contributed by atoms with van der Waals surface area (Å²) < 4.78 is 6.69. The molecule has 0 bridgehead atoms. The minimum atomic E-state index is -0.120. The summed E-state index contributed by atoms with van der Waals surface area (Å²) in [6.07, 6.45) is 1.64. The van der Waals surface area contributed by atoms with Crippen LogP contribution >= 0.6 is 15.9 Å². The molecule has 2 heterocycles. The fourth-order valence-corrected chi connectivity index (χ4v) is 3.01. The van der Waals surface area contributed by atoms with Gasteiger partial charge in [-0.1, -0.05) is 20.8 Å². The van der Waals surface area contributed by atoms with E-state index < -0.39 is 0 Å². The lowest BCUT2D eigenvalue weighted by molar-refractivity contribution is 0.275. The van der Waals surface area contributed by atoms with Gasteiger partial charge in [0.15, 0.2) is 0 Å². The number of hydrogen-bond donors (Lipinski definition) is 3. The lowest BCUT2D eigenvalue weighted by Crippen LogP contribution is -2.41. The molecule has 1 aliphatic heterocycles. The molecule has 6 nitrogen and oxygen atoms in total. The summed E-state index contributed by atoms with van der Waals surface area (Å²) in [6.45, 7) is 7.31. The first-order valence-electron chi connectivity index (χ1n) is 7.73. The number of hydrogen-bond acceptors (Lipinski definition) is 6. The molecule has 0 atom stereocenters. The summed E-state index contributed by atoms with van der Waals surface area (Å²) in [6, 6.07) is 7.44. The standard InChI is InChI=1S/C17H21BrN4O2/c1-17(2,3)10-22-12-6-7-13(14(18)15(12)20-21-22)24-16-11(9-23)5-4-8-19-16/h4-8,20-21,23H,9-10H2,1-3H3. The van der Waals surface area contributed by atoms with Crippen molar-refractivity contribution in [3.8, 4) is 11.6 Å². The fourth-order valence-electron chi connectivity index (χ4n) is 2.49. The van der Waals surface area contributed by atoms with Crippen LogP contribution in [0.1, 0.15) is 26.3 Å². The average Bonchev–Trinajstić information content (AvgIpc) is 2.92. The van der Waals surface area contributed by atoms with Crippen molar-refractivity contribution < 1.29 is 9.84 Å². The summed E-state index contributed by atoms with van der Waals surface area (Å²) in [5.74, 6) is 1.03. The molecule has 0 amide bonds. The molecule has 3 N–H and O–H groups in total. The molecule has 0 spiro atoms. The number of anilines is 2. The van der Waals surface area contributed by atoms with Gasteiger partial charge in [0.05, 0.1) is 22.5 Å². The van der Waals surface area contributed by atoms with Gasteiger partial charge in [-0.25, -0.2) is 4.98 Å². The van der Waals surface area contributed by atoms with Gasteiger partial charge >= 0.3 is 0 Å². The van der Waals surface area contributed by atoms with E-state index >= 15 is 0 Å². The Morgan fingerprint density at radius 1 is 1.29 bits per heavy atom. The van der Waals surface area contributed by atoms with Crippen molar-refractivity contribution in [3.63, 3.8) is 0 Å². The summed E-state index contributed by atoms with van der Waals surface area (Å²) >= 11 is 3.60. The van der Waals surface area contributed by atoms with Crippen molar-refractivity contribution >= 4 is 27.3 Å². The highest BCUT2D eigenvalue weighted by Gasteiger charge is 2.26. The largest absolute Gasteiger partial charge is 0.437 e. The molecule has 0 saturated heterocycles. The molecule has 1 aromatic carbocycles. The molecule has 1 aliphatic rings. The topological polar surface area (TPSA) is 69.7 Å². The van der Waals surface area contributed by atoms with E-state index in [1.54, 1.807) is 18.3 Å². The maximum Gasteiger partial charge on any atom is 0.224 e. The zero-order valence-corrected chi connectivity index (χ0v) is 15.5. The van der Waals surface area contributed by atoms with Crippen LogP contribution in [-0.4, -0.2) is 16.6 Å². The van der Waals surface area contributed by atoms with Gasteiger partial charge < -0.3 is 15.3 Å². The van der Waals surface area contributed by atoms with Gasteiger partial charge in [0.25, 0.3) is 0 Å². The van der Waals surface area contributed by atoms with Crippen LogP contribution in [0.15, 0.2) is 34.9 Å². The summed E-state index contributed by atoms with van der Waals surface area (Å²) in [4.78, 5) is 4.19. The average molecular weight is 393 g/mol. The third-order valence-electron chi connectivity index (χ3n) is 3.55. The minimum Gasteiger partial charge on any atom is -0.437 e. The third-order valence-corrected chi connectivity index (χ3v) is 4.34. The smallest absolute Gasteiger partial charge is 0.224 e. The van der Waals surface area contributed by atoms with E-state index in [4.69, 9.17) is 4.74 Å². The zero-order chi connectivity index (χ0) is 17.3. The molecular weight excluding hydrogens is 372 g/mol. The molecule has 0 radical (unpaired) electrons. The Morgan fingerprint density at radius 3 is 2.79 bits per heavy atom. The Bertz CT molecular complexity index is 746. The second kappa shape index (κ2) is 6.58. The monoisotopic (exact) mass is 392 g/mol. The molecule has 0 unspecified atom stereocenters. The van der Waals surface area contributed by atoms with Crippen molar-refractivity contribution in [2.24, 2.45) is 5.41 Å². The second-order valence-corrected chi connectivity index (χ2v) is 7.68. The Kier molecular flexibility index (Phi) is 4.67. The van der Waals surface area contributed by atoms with Crippen LogP contribution in [0, 0.1) is 5.41 Å². The molecule has 7 heteroatoms. The molecule has 2 aromatic rings. The van der Waals surface area contributed by atoms with Crippen LogP contribution in [-0.2, 0) is 6.61 Å². The Labute approximate surface area is 149 Å². The van der Waals surface area contributed by atoms with Crippen LogP contribution in [0.25, 0.3) is 0 Å². The van der Waals surface area contributed by atoms with Crippen LogP contribution < -0.4 is 20.7 Å². The number of aliphatic hydroxyl groups is 1. The normalized spacial score (nSPS) is 13.6. The van der Waals surface area contributed by atoms with Crippen LogP contribution in [0.2, 0.25) is 0 Å². The number of hydrazine groups is 2. The second-order valence-electron chi connectivity index (χ2n) is 6.88. The number of ether oxygens (including phenoxy) is 1. The number of nitrogens with one attached hydrogen (secondary N) is 2. The number of aliphatic hydroxyl groups excluding tert-OH is 1. The SMILES string of the molecule is CC(C)(C)CN1NNc2c1ccc(Oc1ncccc1CO)c2Br. The van der Waals surface area contributed by atoms with Gasteiger partial charge in [0.1, 0.15) is 5.75 Å². The molecule has 0 saturated carbocycles. The van der Waals surface area contributed by atoms with Crippen molar-refractivity contribution in [1.82, 2.24) is 10.5 Å². The Morgan fingerprint density at radius 2 is 2.08 bits per heavy atom. The Hall–Kier alpha value is -1.83. The van der Waals surface area contributed by atoms with Gasteiger partial charge in [-0.05, 0) is 45.6 Å². The summed E-state index contributed by atoms with van der Waals surface area (Å²) in [5, 5.41) is 11.5. The fraction of sp³-hybridized carbons (Fsp3) is 0.353. The number of rotatable bonds is 4. The molecule has 0 fully saturated rings. The maximum atomic E-state index is 9.40. The lowest BCUT2D eigenvalue weighted by Gasteiger charge is -2.27. The molecule has 0 aliphatic carbocycles. The molecule has 1 aromatic heterocycles. The van der Waals surface area contributed by atoms with Crippen molar-refractivity contribution in [2.75, 3.05) is 17.0 Å². The highest BCUT2D eigenvalue weighted by atomic mass is 79.9. The highest BCUT2D eigenvalue weighted by molar-refractivity contribution is 9.10. The number of fused-ring (bicyclic) bond motifs is 1. The predicted molar refractivity (Wildman–Crippen MR) is 97.9 cm³/mol. The van der Waals surface area contributed by atoms with E-state index in [1.165, 1.54) is 0 Å². The van der Waals surface area contributed by atoms with Crippen molar-refractivity contribution in [1.29, 1.82) is 0 Å². The lowest BCUT2D eigenvalue weighted by atomic mass is 9.96. The van der Waals surface area contributed by atoms with Crippen molar-refractivity contribution in [2.45, 2.75) is 27.4 Å². The number of aromatic nitrogens is 1. The minimum absolute atomic E-state index is 0.120. The molecular formula is C17H21BrN4O2. The quantitative estimate of drug-likeness (QED) is 0.734. The first-order valence-corrected chi connectivity index (χ1v) is 8.52. The summed E-state index contributed by atoms with van der Waals surface area (Å²) in [7, 11) is 0. The molecule has 128 valence electrons. The van der Waals surface area contributed by atoms with Crippen LogP contribution in [0.4, 0.5) is 11.4 Å². The third kappa shape index (κ3) is 3.48. The predicted octanol–water partition coefficient (Wildman–Crippen LogP) is 3.83. The number of benzene rings is 1. The van der Waals surface area contributed by atoms with Gasteiger partial charge in [-0.3, -0.25) is 5.01 Å². The highest BCUT2D eigenvalue weighted by Crippen LogP contribution is 2.43. The van der Waals surface area contributed by atoms with Gasteiger partial charge in [-0.2, -0.15) is 0 Å². The van der Waals surface area contributed by atoms with Gasteiger partial charge in [0, 0.05) is 18.3 Å². The van der Waals surface area contributed by atoms with E-state index in [1.807, 2.05) is 12.1 Å². The van der Waals surface area contributed by atoms with Crippen LogP contribution in [0.5, 0.6) is 11.6 Å². The number of halogens is 1. The van der Waals surface area contributed by atoms with Crippen molar-refractivity contribution in [3.05, 3.63) is 40.5 Å². The number of pyridine rings is 1. The Balaban J connectivity index is 1.88. The van der Waals surface area contributed by atoms with E-state index in [0.717, 1.165) is 22.4 Å². The maximum absolute atomic E-state index is 9.40. The van der Waals surface area contributed by atoms with E-state index in [9.17, 15) is 5.11 Å². The van der Waals surface area contributed by atoms with E-state index in [2.05, 4.69) is 57.7 Å². The first-order chi connectivity index (χ1) is 11.4. The molecule has 24 heavy (non-hydrogen) atoms. The number of nitrogens with zero attached hydrogens (tertiary/aromatic N) is 2. The molecule has 3 rings (SSSR count). The summed E-state index contributed by atoms with van der Waals surface area (Å²) in [5.41, 5.74) is 9.11. The van der Waals surface area contributed by atoms with Crippen LogP contribution in [0.3, 0.4) is 0 Å². The van der Waals surface area contributed by atoms with Gasteiger partial charge in [0.2, 0.25) is 5.88 Å². The van der Waals surface area contributed by atoms with Gasteiger partial charge in [-0.15, -0.1) is 5.53 Å².